The number of aliphatic hydroxyl groups is 1. The Kier molecular flexibility index (Phi) is 4.90. The molecule has 2 aromatic carbocycles. The van der Waals surface area contributed by atoms with Gasteiger partial charge in [-0.15, -0.1) is 0 Å². The van der Waals surface area contributed by atoms with Crippen molar-refractivity contribution < 1.29 is 18.3 Å². The van der Waals surface area contributed by atoms with Crippen LogP contribution in [0, 0.1) is 0 Å². The topological polar surface area (TPSA) is 32.3 Å². The van der Waals surface area contributed by atoms with Gasteiger partial charge in [0.25, 0.3) is 0 Å². The van der Waals surface area contributed by atoms with E-state index >= 15 is 0 Å². The number of anilines is 1. The molecule has 0 amide bonds. The molecule has 2 nitrogen and oxygen atoms in total. The van der Waals surface area contributed by atoms with Crippen LogP contribution >= 0.6 is 15.9 Å². The van der Waals surface area contributed by atoms with Crippen molar-refractivity contribution in [2.45, 2.75) is 12.2 Å². The third kappa shape index (κ3) is 3.98. The molecule has 2 N–H and O–H groups in total. The van der Waals surface area contributed by atoms with Gasteiger partial charge in [0.2, 0.25) is 0 Å². The van der Waals surface area contributed by atoms with E-state index in [2.05, 4.69) is 21.2 Å². The van der Waals surface area contributed by atoms with E-state index in [0.29, 0.717) is 5.56 Å². The first kappa shape index (κ1) is 15.9. The molecule has 0 saturated carbocycles. The molecule has 0 spiro atoms. The van der Waals surface area contributed by atoms with E-state index in [1.165, 1.54) is 12.1 Å². The van der Waals surface area contributed by atoms with Crippen molar-refractivity contribution in [1.29, 1.82) is 0 Å². The highest BCUT2D eigenvalue weighted by Crippen LogP contribution is 2.31. The van der Waals surface area contributed by atoms with Crippen molar-refractivity contribution in [3.63, 3.8) is 0 Å². The minimum Gasteiger partial charge on any atom is -0.394 e. The molecule has 0 radical (unpaired) electrons. The number of benzene rings is 2. The lowest BCUT2D eigenvalue weighted by atomic mass is 10.0. The van der Waals surface area contributed by atoms with Crippen molar-refractivity contribution in [2.24, 2.45) is 0 Å². The molecule has 1 unspecified atom stereocenters. The highest BCUT2D eigenvalue weighted by Gasteiger charge is 2.30. The first-order chi connectivity index (χ1) is 9.91. The molecule has 0 aliphatic rings. The molecule has 0 bridgehead atoms. The zero-order valence-electron chi connectivity index (χ0n) is 10.9. The Morgan fingerprint density at radius 2 is 1.67 bits per heavy atom. The molecule has 2 aromatic rings. The summed E-state index contributed by atoms with van der Waals surface area (Å²) in [5, 5.41) is 12.6. The van der Waals surface area contributed by atoms with E-state index < -0.39 is 17.8 Å². The van der Waals surface area contributed by atoms with Crippen LogP contribution in [0.3, 0.4) is 0 Å². The SMILES string of the molecule is OCC(Nc1ccccc1Br)c1ccc(C(F)(F)F)cc1. The van der Waals surface area contributed by atoms with Gasteiger partial charge >= 0.3 is 6.18 Å². The fraction of sp³-hybridized carbons (Fsp3) is 0.200. The first-order valence-corrected chi connectivity index (χ1v) is 7.00. The average Bonchev–Trinajstić information content (AvgIpc) is 2.46. The molecule has 6 heteroatoms. The van der Waals surface area contributed by atoms with Gasteiger partial charge in [-0.3, -0.25) is 0 Å². The summed E-state index contributed by atoms with van der Waals surface area (Å²) in [6.07, 6.45) is -4.36. The molecule has 0 aliphatic carbocycles. The standard InChI is InChI=1S/C15H13BrF3NO/c16-12-3-1-2-4-13(12)20-14(9-21)10-5-7-11(8-6-10)15(17,18)19/h1-8,14,20-21H,9H2. The lowest BCUT2D eigenvalue weighted by Gasteiger charge is -2.19. The van der Waals surface area contributed by atoms with Crippen molar-refractivity contribution in [3.8, 4) is 0 Å². The van der Waals surface area contributed by atoms with E-state index in [1.54, 1.807) is 0 Å². The number of alkyl halides is 3. The largest absolute Gasteiger partial charge is 0.416 e. The Balaban J connectivity index is 2.20. The summed E-state index contributed by atoms with van der Waals surface area (Å²) in [6.45, 7) is -0.229. The molecule has 0 heterocycles. The second kappa shape index (κ2) is 6.49. The normalized spacial score (nSPS) is 13.0. The lowest BCUT2D eigenvalue weighted by Crippen LogP contribution is -2.15. The van der Waals surface area contributed by atoms with Crippen LogP contribution in [0.15, 0.2) is 53.0 Å². The van der Waals surface area contributed by atoms with Crippen LogP contribution in [-0.2, 0) is 6.18 Å². The zero-order valence-corrected chi connectivity index (χ0v) is 12.4. The predicted octanol–water partition coefficient (Wildman–Crippen LogP) is 4.61. The van der Waals surface area contributed by atoms with Gasteiger partial charge < -0.3 is 10.4 Å². The Morgan fingerprint density at radius 1 is 1.05 bits per heavy atom. The first-order valence-electron chi connectivity index (χ1n) is 6.21. The summed E-state index contributed by atoms with van der Waals surface area (Å²) in [7, 11) is 0. The number of aliphatic hydroxyl groups excluding tert-OH is 1. The van der Waals surface area contributed by atoms with Gasteiger partial charge in [0.1, 0.15) is 0 Å². The number of hydrogen-bond acceptors (Lipinski definition) is 2. The van der Waals surface area contributed by atoms with Gasteiger partial charge in [-0.05, 0) is 45.8 Å². The number of rotatable bonds is 4. The summed E-state index contributed by atoms with van der Waals surface area (Å²) in [4.78, 5) is 0. The third-order valence-corrected chi connectivity index (χ3v) is 3.72. The number of nitrogens with one attached hydrogen (secondary N) is 1. The molecule has 2 rings (SSSR count). The predicted molar refractivity (Wildman–Crippen MR) is 79.0 cm³/mol. The van der Waals surface area contributed by atoms with E-state index in [9.17, 15) is 18.3 Å². The van der Waals surface area contributed by atoms with Crippen molar-refractivity contribution in [2.75, 3.05) is 11.9 Å². The maximum absolute atomic E-state index is 12.5. The van der Waals surface area contributed by atoms with Gasteiger partial charge in [0, 0.05) is 10.2 Å². The van der Waals surface area contributed by atoms with E-state index in [1.807, 2.05) is 24.3 Å². The fourth-order valence-corrected chi connectivity index (χ4v) is 2.30. The van der Waals surface area contributed by atoms with Gasteiger partial charge in [0.05, 0.1) is 18.2 Å². The molecular weight excluding hydrogens is 347 g/mol. The lowest BCUT2D eigenvalue weighted by molar-refractivity contribution is -0.137. The minimum absolute atomic E-state index is 0.229. The van der Waals surface area contributed by atoms with Crippen LogP contribution in [-0.4, -0.2) is 11.7 Å². The van der Waals surface area contributed by atoms with E-state index in [-0.39, 0.29) is 6.61 Å². The summed E-state index contributed by atoms with van der Waals surface area (Å²) in [6, 6.07) is 11.6. The molecular formula is C15H13BrF3NO. The van der Waals surface area contributed by atoms with Crippen LogP contribution < -0.4 is 5.32 Å². The maximum atomic E-state index is 12.5. The maximum Gasteiger partial charge on any atom is 0.416 e. The van der Waals surface area contributed by atoms with Crippen LogP contribution in [0.4, 0.5) is 18.9 Å². The van der Waals surface area contributed by atoms with E-state index in [0.717, 1.165) is 22.3 Å². The smallest absolute Gasteiger partial charge is 0.394 e. The summed E-state index contributed by atoms with van der Waals surface area (Å²) >= 11 is 3.37. The van der Waals surface area contributed by atoms with Gasteiger partial charge in [0.15, 0.2) is 0 Å². The molecule has 0 saturated heterocycles. The van der Waals surface area contributed by atoms with Gasteiger partial charge in [-0.2, -0.15) is 13.2 Å². The summed E-state index contributed by atoms with van der Waals surface area (Å²) in [5.41, 5.74) is 0.640. The minimum atomic E-state index is -4.36. The Bertz CT molecular complexity index is 599. The van der Waals surface area contributed by atoms with Crippen molar-refractivity contribution in [1.82, 2.24) is 0 Å². The van der Waals surface area contributed by atoms with Crippen LogP contribution in [0.1, 0.15) is 17.2 Å². The molecule has 112 valence electrons. The molecule has 0 fully saturated rings. The number of hydrogen-bond donors (Lipinski definition) is 2. The molecule has 21 heavy (non-hydrogen) atoms. The molecule has 0 aliphatic heterocycles. The van der Waals surface area contributed by atoms with Gasteiger partial charge in [-0.25, -0.2) is 0 Å². The quantitative estimate of drug-likeness (QED) is 0.835. The van der Waals surface area contributed by atoms with Crippen molar-refractivity contribution in [3.05, 3.63) is 64.1 Å². The molecule has 0 aromatic heterocycles. The number of halogens is 4. The van der Waals surface area contributed by atoms with Crippen LogP contribution in [0.25, 0.3) is 0 Å². The fourth-order valence-electron chi connectivity index (χ4n) is 1.90. The third-order valence-electron chi connectivity index (χ3n) is 3.03. The van der Waals surface area contributed by atoms with E-state index in [4.69, 9.17) is 0 Å². The van der Waals surface area contributed by atoms with Crippen LogP contribution in [0.2, 0.25) is 0 Å². The Labute approximate surface area is 128 Å². The average molecular weight is 360 g/mol. The zero-order chi connectivity index (χ0) is 15.5. The number of para-hydroxylation sites is 1. The Morgan fingerprint density at radius 3 is 2.19 bits per heavy atom. The second-order valence-corrected chi connectivity index (χ2v) is 5.33. The van der Waals surface area contributed by atoms with Crippen molar-refractivity contribution >= 4 is 21.6 Å². The second-order valence-electron chi connectivity index (χ2n) is 4.48. The summed E-state index contributed by atoms with van der Waals surface area (Å²) < 4.78 is 38.4. The Hall–Kier alpha value is -1.53. The monoisotopic (exact) mass is 359 g/mol. The molecule has 1 atom stereocenters. The van der Waals surface area contributed by atoms with Gasteiger partial charge in [-0.1, -0.05) is 24.3 Å². The van der Waals surface area contributed by atoms with Crippen LogP contribution in [0.5, 0.6) is 0 Å². The highest BCUT2D eigenvalue weighted by atomic mass is 79.9. The highest BCUT2D eigenvalue weighted by molar-refractivity contribution is 9.10. The summed E-state index contributed by atoms with van der Waals surface area (Å²) in [5.74, 6) is 0.